The fraction of sp³-hybridized carbons (Fsp3) is 0.696. The second kappa shape index (κ2) is 13.3. The lowest BCUT2D eigenvalue weighted by Gasteiger charge is -2.45. The Morgan fingerprint density at radius 2 is 1.72 bits per heavy atom. The van der Waals surface area contributed by atoms with E-state index < -0.39 is 74.6 Å². The van der Waals surface area contributed by atoms with Crippen LogP contribution in [0.15, 0.2) is 30.0 Å². The van der Waals surface area contributed by atoms with Crippen LogP contribution in [0.5, 0.6) is 0 Å². The van der Waals surface area contributed by atoms with Crippen LogP contribution in [0, 0.1) is 0 Å². The Morgan fingerprint density at radius 3 is 2.41 bits per heavy atom. The van der Waals surface area contributed by atoms with Crippen molar-refractivity contribution in [2.75, 3.05) is 19.8 Å². The van der Waals surface area contributed by atoms with Gasteiger partial charge in [0.05, 0.1) is 39.1 Å². The summed E-state index contributed by atoms with van der Waals surface area (Å²) in [5.74, 6) is -0.188. The van der Waals surface area contributed by atoms with E-state index in [9.17, 15) is 40.5 Å². The second-order valence-corrected chi connectivity index (χ2v) is 9.36. The van der Waals surface area contributed by atoms with Crippen LogP contribution in [0.25, 0.3) is 0 Å². The number of aromatic nitrogens is 3. The van der Waals surface area contributed by atoms with Gasteiger partial charge in [-0.2, -0.15) is 0 Å². The molecule has 1 aliphatic carbocycles. The number of ether oxygens (including phenoxy) is 4. The smallest absolute Gasteiger partial charge is 0.247 e. The Labute approximate surface area is 222 Å². The quantitative estimate of drug-likeness (QED) is 0.128. The van der Waals surface area contributed by atoms with E-state index in [1.807, 2.05) is 12.2 Å². The van der Waals surface area contributed by atoms with Crippen molar-refractivity contribution in [2.45, 2.75) is 80.9 Å². The highest BCUT2D eigenvalue weighted by Gasteiger charge is 2.50. The summed E-state index contributed by atoms with van der Waals surface area (Å²) in [5, 5.41) is 81.1. The van der Waals surface area contributed by atoms with Gasteiger partial charge in [-0.15, -0.1) is 5.10 Å². The Hall–Kier alpha value is -2.35. The van der Waals surface area contributed by atoms with Crippen LogP contribution in [0.4, 0.5) is 0 Å². The molecule has 1 aromatic heterocycles. The van der Waals surface area contributed by atoms with E-state index in [1.165, 1.54) is 4.68 Å². The number of aliphatic hydroxyl groups is 7. The van der Waals surface area contributed by atoms with Crippen LogP contribution in [-0.2, 0) is 36.8 Å². The summed E-state index contributed by atoms with van der Waals surface area (Å²) in [6.45, 7) is -1.02. The van der Waals surface area contributed by atoms with Gasteiger partial charge < -0.3 is 60.0 Å². The van der Waals surface area contributed by atoms with Crippen molar-refractivity contribution < 1.29 is 59.5 Å². The molecule has 0 unspecified atom stereocenters. The molecule has 10 atom stereocenters. The van der Waals surface area contributed by atoms with Crippen molar-refractivity contribution in [2.24, 2.45) is 0 Å². The lowest BCUT2D eigenvalue weighted by atomic mass is 9.97. The summed E-state index contributed by atoms with van der Waals surface area (Å²) >= 11 is 0. The van der Waals surface area contributed by atoms with E-state index in [2.05, 4.69) is 15.6 Å². The first-order chi connectivity index (χ1) is 18.7. The zero-order valence-electron chi connectivity index (χ0n) is 20.8. The van der Waals surface area contributed by atoms with Gasteiger partial charge in [0, 0.05) is 5.57 Å². The minimum atomic E-state index is -1.75. The van der Waals surface area contributed by atoms with Gasteiger partial charge in [0.1, 0.15) is 54.5 Å². The third-order valence-corrected chi connectivity index (χ3v) is 6.64. The predicted octanol–water partition coefficient (Wildman–Crippen LogP) is -4.58. The van der Waals surface area contributed by atoms with Crippen molar-refractivity contribution in [3.63, 3.8) is 0 Å². The maximum Gasteiger partial charge on any atom is 0.247 e. The summed E-state index contributed by atoms with van der Waals surface area (Å²) < 4.78 is 23.3. The van der Waals surface area contributed by atoms with Crippen molar-refractivity contribution in [1.82, 2.24) is 20.3 Å². The highest BCUT2D eigenvalue weighted by molar-refractivity contribution is 5.94. The largest absolute Gasteiger partial charge is 0.394 e. The molecule has 4 rings (SSSR count). The second-order valence-electron chi connectivity index (χ2n) is 9.36. The normalized spacial score (nSPS) is 36.6. The van der Waals surface area contributed by atoms with Gasteiger partial charge in [0.2, 0.25) is 5.91 Å². The maximum absolute atomic E-state index is 12.1. The molecule has 2 aliphatic heterocycles. The van der Waals surface area contributed by atoms with Crippen molar-refractivity contribution in [1.29, 1.82) is 0 Å². The lowest BCUT2D eigenvalue weighted by Crippen LogP contribution is -2.64. The Balaban J connectivity index is 1.26. The van der Waals surface area contributed by atoms with Crippen LogP contribution >= 0.6 is 0 Å². The fourth-order valence-electron chi connectivity index (χ4n) is 4.38. The molecule has 3 aliphatic rings. The topological polar surface area (TPSA) is 238 Å². The summed E-state index contributed by atoms with van der Waals surface area (Å²) in [4.78, 5) is 12.1. The SMILES string of the molecule is O=C(NCc1cn(CCO[C@@H]2O[C@H](CO)[C@@H](O[C@@H]3O[C@H](CO)[C@H](O)[C@H](O)[C@H]3O)[C@H](O)[C@H]2O)nn1)C1=CC=CC1. The van der Waals surface area contributed by atoms with Gasteiger partial charge in [0.25, 0.3) is 0 Å². The predicted molar refractivity (Wildman–Crippen MR) is 126 cm³/mol. The zero-order valence-corrected chi connectivity index (χ0v) is 20.8. The summed E-state index contributed by atoms with van der Waals surface area (Å²) in [7, 11) is 0. The van der Waals surface area contributed by atoms with Crippen molar-refractivity contribution >= 4 is 5.91 Å². The highest BCUT2D eigenvalue weighted by Crippen LogP contribution is 2.29. The molecule has 0 saturated carbocycles. The van der Waals surface area contributed by atoms with Crippen LogP contribution in [0.3, 0.4) is 0 Å². The number of allylic oxidation sites excluding steroid dienone is 3. The number of rotatable bonds is 11. The molecule has 0 radical (unpaired) electrons. The number of hydrogen-bond acceptors (Lipinski definition) is 14. The van der Waals surface area contributed by atoms with E-state index in [-0.39, 0.29) is 25.6 Å². The Bertz CT molecular complexity index is 1020. The standard InChI is InChI=1S/C23H34N4O12/c28-9-13-15(30)16(31)18(33)23(37-13)39-20-14(10-29)38-22(19(34)17(20)32)36-6-5-27-8-12(25-26-27)7-24-21(35)11-3-1-2-4-11/h1-3,8,13-20,22-23,28-34H,4-7,9-10H2,(H,24,35)/t13-,14-,15+,16+,17-,18-,19-,20-,22-,23+/m1/s1. The summed E-state index contributed by atoms with van der Waals surface area (Å²) in [6, 6.07) is 0. The molecule has 3 heterocycles. The molecule has 16 heteroatoms. The molecule has 0 bridgehead atoms. The maximum atomic E-state index is 12.1. The van der Waals surface area contributed by atoms with Gasteiger partial charge in [-0.25, -0.2) is 4.68 Å². The van der Waals surface area contributed by atoms with Gasteiger partial charge in [-0.05, 0) is 6.42 Å². The van der Waals surface area contributed by atoms with E-state index in [0.717, 1.165) is 0 Å². The number of carbonyl (C=O) groups excluding carboxylic acids is 1. The number of nitrogens with zero attached hydrogens (tertiary/aromatic N) is 3. The third-order valence-electron chi connectivity index (χ3n) is 6.64. The van der Waals surface area contributed by atoms with Crippen molar-refractivity contribution in [3.8, 4) is 0 Å². The van der Waals surface area contributed by atoms with Crippen LogP contribution < -0.4 is 5.32 Å². The Morgan fingerprint density at radius 1 is 1.00 bits per heavy atom. The molecule has 2 saturated heterocycles. The lowest BCUT2D eigenvalue weighted by molar-refractivity contribution is -0.359. The third kappa shape index (κ3) is 6.87. The first-order valence-corrected chi connectivity index (χ1v) is 12.5. The molecule has 218 valence electrons. The number of carbonyl (C=O) groups is 1. The number of hydrogen-bond donors (Lipinski definition) is 8. The van der Waals surface area contributed by atoms with Crippen molar-refractivity contribution in [3.05, 3.63) is 35.7 Å². The molecule has 1 aromatic rings. The fourth-order valence-corrected chi connectivity index (χ4v) is 4.38. The van der Waals surface area contributed by atoms with Gasteiger partial charge >= 0.3 is 0 Å². The molecule has 0 aromatic carbocycles. The molecule has 39 heavy (non-hydrogen) atoms. The molecular weight excluding hydrogens is 524 g/mol. The summed E-state index contributed by atoms with van der Waals surface area (Å²) in [6.07, 6.45) is -7.62. The van der Waals surface area contributed by atoms with Gasteiger partial charge in [0.15, 0.2) is 12.6 Å². The molecule has 2 fully saturated rings. The van der Waals surface area contributed by atoms with Gasteiger partial charge in [-0.3, -0.25) is 4.79 Å². The van der Waals surface area contributed by atoms with Crippen LogP contribution in [0.1, 0.15) is 12.1 Å². The first-order valence-electron chi connectivity index (χ1n) is 12.5. The average Bonchev–Trinajstić information content (AvgIpc) is 3.64. The van der Waals surface area contributed by atoms with Crippen LogP contribution in [0.2, 0.25) is 0 Å². The minimum absolute atomic E-state index is 0.0292. The Kier molecular flexibility index (Phi) is 10.1. The van der Waals surface area contributed by atoms with E-state index in [0.29, 0.717) is 17.7 Å². The van der Waals surface area contributed by atoms with E-state index in [4.69, 9.17) is 18.9 Å². The molecule has 16 nitrogen and oxygen atoms in total. The number of aliphatic hydroxyl groups excluding tert-OH is 7. The minimum Gasteiger partial charge on any atom is -0.394 e. The molecule has 8 N–H and O–H groups in total. The average molecular weight is 559 g/mol. The first kappa shape index (κ1) is 29.6. The van der Waals surface area contributed by atoms with E-state index in [1.54, 1.807) is 12.3 Å². The highest BCUT2D eigenvalue weighted by atomic mass is 16.7. The number of nitrogens with one attached hydrogen (secondary N) is 1. The molecule has 0 spiro atoms. The van der Waals surface area contributed by atoms with E-state index >= 15 is 0 Å². The zero-order chi connectivity index (χ0) is 28.1. The van der Waals surface area contributed by atoms with Crippen LogP contribution in [-0.4, -0.2) is 138 Å². The van der Waals surface area contributed by atoms with Gasteiger partial charge in [-0.1, -0.05) is 23.4 Å². The monoisotopic (exact) mass is 558 g/mol. The molecular formula is C23H34N4O12. The summed E-state index contributed by atoms with van der Waals surface area (Å²) in [5.41, 5.74) is 1.18. The molecule has 1 amide bonds. The number of amides is 1.